The maximum Gasteiger partial charge on any atom is 0.244 e. The van der Waals surface area contributed by atoms with Gasteiger partial charge in [-0.2, -0.15) is 5.10 Å². The summed E-state index contributed by atoms with van der Waals surface area (Å²) in [6.45, 7) is 1.74. The third-order valence-corrected chi connectivity index (χ3v) is 4.17. The van der Waals surface area contributed by atoms with Crippen LogP contribution >= 0.6 is 11.6 Å². The third-order valence-electron chi connectivity index (χ3n) is 3.92. The first-order valence-corrected chi connectivity index (χ1v) is 8.21. The topological polar surface area (TPSA) is 61.7 Å². The molecule has 0 saturated heterocycles. The van der Waals surface area contributed by atoms with Crippen molar-refractivity contribution in [3.63, 3.8) is 0 Å². The zero-order chi connectivity index (χ0) is 17.8. The van der Waals surface area contributed by atoms with E-state index in [1.165, 1.54) is 0 Å². The number of fused-ring (bicyclic) bond motifs is 1. The van der Waals surface area contributed by atoms with Crippen molar-refractivity contribution in [3.8, 4) is 5.75 Å². The van der Waals surface area contributed by atoms with Gasteiger partial charge in [0.1, 0.15) is 5.75 Å². The minimum atomic E-state index is -0.234. The molecule has 0 bridgehead atoms. The number of phenols is 1. The van der Waals surface area contributed by atoms with Crippen LogP contribution in [-0.2, 0) is 11.2 Å². The summed E-state index contributed by atoms with van der Waals surface area (Å²) in [4.78, 5) is 12.0. The molecule has 0 aliphatic carbocycles. The van der Waals surface area contributed by atoms with Crippen molar-refractivity contribution in [1.29, 1.82) is 0 Å². The Morgan fingerprint density at radius 3 is 2.56 bits per heavy atom. The van der Waals surface area contributed by atoms with E-state index in [2.05, 4.69) is 10.5 Å². The summed E-state index contributed by atoms with van der Waals surface area (Å²) in [5, 5.41) is 16.9. The van der Waals surface area contributed by atoms with Gasteiger partial charge in [0.05, 0.1) is 12.1 Å². The molecule has 0 spiro atoms. The number of rotatable bonds is 4. The number of halogens is 1. The van der Waals surface area contributed by atoms with Gasteiger partial charge in [0.15, 0.2) is 0 Å². The maximum atomic E-state index is 12.0. The van der Waals surface area contributed by atoms with Crippen LogP contribution in [0, 0.1) is 0 Å². The van der Waals surface area contributed by atoms with E-state index >= 15 is 0 Å². The average Bonchev–Trinajstić information content (AvgIpc) is 2.62. The van der Waals surface area contributed by atoms with Gasteiger partial charge in [-0.1, -0.05) is 54.1 Å². The molecule has 0 saturated carbocycles. The van der Waals surface area contributed by atoms with E-state index in [9.17, 15) is 9.90 Å². The lowest BCUT2D eigenvalue weighted by atomic mass is 10.0. The third kappa shape index (κ3) is 3.98. The predicted octanol–water partition coefficient (Wildman–Crippen LogP) is 4.28. The maximum absolute atomic E-state index is 12.0. The number of hydrogen-bond donors (Lipinski definition) is 2. The first kappa shape index (κ1) is 17.0. The number of carbonyl (C=O) groups excluding carboxylic acids is 1. The summed E-state index contributed by atoms with van der Waals surface area (Å²) in [5.74, 6) is -0.0757. The van der Waals surface area contributed by atoms with Crippen LogP contribution in [-0.4, -0.2) is 16.7 Å². The van der Waals surface area contributed by atoms with Crippen LogP contribution in [0.2, 0.25) is 5.02 Å². The van der Waals surface area contributed by atoms with E-state index in [1.807, 2.05) is 30.3 Å². The van der Waals surface area contributed by atoms with Crippen molar-refractivity contribution < 1.29 is 9.90 Å². The lowest BCUT2D eigenvalue weighted by molar-refractivity contribution is -0.120. The monoisotopic (exact) mass is 352 g/mol. The van der Waals surface area contributed by atoms with E-state index in [-0.39, 0.29) is 18.1 Å². The lowest BCUT2D eigenvalue weighted by Crippen LogP contribution is -2.21. The molecule has 0 fully saturated rings. The molecule has 4 nitrogen and oxygen atoms in total. The van der Waals surface area contributed by atoms with Crippen molar-refractivity contribution in [2.45, 2.75) is 13.3 Å². The summed E-state index contributed by atoms with van der Waals surface area (Å²) >= 11 is 5.83. The molecule has 3 aromatic carbocycles. The zero-order valence-corrected chi connectivity index (χ0v) is 14.4. The van der Waals surface area contributed by atoms with Gasteiger partial charge in [-0.15, -0.1) is 0 Å². The largest absolute Gasteiger partial charge is 0.507 e. The number of amides is 1. The number of benzene rings is 3. The fraction of sp³-hybridized carbons (Fsp3) is 0.100. The second-order valence-electron chi connectivity index (χ2n) is 5.72. The van der Waals surface area contributed by atoms with Crippen molar-refractivity contribution in [2.24, 2.45) is 5.10 Å². The Balaban J connectivity index is 1.74. The molecular formula is C20H17ClN2O2. The molecule has 126 valence electrons. The van der Waals surface area contributed by atoms with Crippen LogP contribution < -0.4 is 5.43 Å². The molecule has 0 aliphatic rings. The van der Waals surface area contributed by atoms with Crippen LogP contribution in [0.25, 0.3) is 10.8 Å². The molecule has 1 amide bonds. The van der Waals surface area contributed by atoms with Crippen LogP contribution in [0.5, 0.6) is 5.75 Å². The van der Waals surface area contributed by atoms with Crippen LogP contribution in [0.4, 0.5) is 0 Å². The molecule has 5 heteroatoms. The standard InChI is InChI=1S/C20H17ClN2O2/c1-13(17-11-8-15-4-2-3-5-18(15)20(17)25)22-23-19(24)12-14-6-9-16(21)10-7-14/h2-11,25H,12H2,1H3,(H,23,24)/b22-13-. The quantitative estimate of drug-likeness (QED) is 0.543. The Kier molecular flexibility index (Phi) is 5.00. The second-order valence-corrected chi connectivity index (χ2v) is 6.15. The molecule has 0 radical (unpaired) electrons. The van der Waals surface area contributed by atoms with Crippen molar-refractivity contribution in [1.82, 2.24) is 5.43 Å². The molecule has 0 aliphatic heterocycles. The number of phenolic OH excluding ortho intramolecular Hbond substituents is 1. The van der Waals surface area contributed by atoms with Crippen LogP contribution in [0.1, 0.15) is 18.1 Å². The minimum Gasteiger partial charge on any atom is -0.507 e. The van der Waals surface area contributed by atoms with E-state index in [0.29, 0.717) is 16.3 Å². The van der Waals surface area contributed by atoms with Gasteiger partial charge in [-0.25, -0.2) is 5.43 Å². The van der Waals surface area contributed by atoms with Crippen molar-refractivity contribution in [3.05, 3.63) is 76.8 Å². The van der Waals surface area contributed by atoms with Crippen molar-refractivity contribution in [2.75, 3.05) is 0 Å². The molecular weight excluding hydrogens is 336 g/mol. The molecule has 3 aromatic rings. The number of aromatic hydroxyl groups is 1. The van der Waals surface area contributed by atoms with Gasteiger partial charge in [0.2, 0.25) is 5.91 Å². The van der Waals surface area contributed by atoms with E-state index in [0.717, 1.165) is 16.3 Å². The molecule has 0 aromatic heterocycles. The van der Waals surface area contributed by atoms with Gasteiger partial charge < -0.3 is 5.11 Å². The molecule has 3 rings (SSSR count). The van der Waals surface area contributed by atoms with E-state index in [1.54, 1.807) is 37.3 Å². The van der Waals surface area contributed by atoms with Crippen molar-refractivity contribution >= 4 is 34.0 Å². The molecule has 0 heterocycles. The number of nitrogens with zero attached hydrogens (tertiary/aromatic N) is 1. The van der Waals surface area contributed by atoms with E-state index in [4.69, 9.17) is 11.6 Å². The highest BCUT2D eigenvalue weighted by atomic mass is 35.5. The zero-order valence-electron chi connectivity index (χ0n) is 13.7. The summed E-state index contributed by atoms with van der Waals surface area (Å²) in [7, 11) is 0. The number of hydrogen-bond acceptors (Lipinski definition) is 3. The fourth-order valence-electron chi connectivity index (χ4n) is 2.58. The highest BCUT2D eigenvalue weighted by molar-refractivity contribution is 6.30. The minimum absolute atomic E-state index is 0.159. The second kappa shape index (κ2) is 7.36. The summed E-state index contributed by atoms with van der Waals surface area (Å²) in [6.07, 6.45) is 0.206. The Bertz CT molecular complexity index is 950. The summed E-state index contributed by atoms with van der Waals surface area (Å²) < 4.78 is 0. The average molecular weight is 353 g/mol. The predicted molar refractivity (Wildman–Crippen MR) is 101 cm³/mol. The number of hydrazone groups is 1. The number of nitrogens with one attached hydrogen (secondary N) is 1. The SMILES string of the molecule is C/C(=N/NC(=O)Cc1ccc(Cl)cc1)c1ccc2ccccc2c1O. The van der Waals surface area contributed by atoms with Crippen LogP contribution in [0.3, 0.4) is 0 Å². The lowest BCUT2D eigenvalue weighted by Gasteiger charge is -2.08. The summed E-state index contributed by atoms with van der Waals surface area (Å²) in [5.41, 5.74) is 4.50. The Morgan fingerprint density at radius 2 is 1.80 bits per heavy atom. The number of carbonyl (C=O) groups is 1. The smallest absolute Gasteiger partial charge is 0.244 e. The highest BCUT2D eigenvalue weighted by Crippen LogP contribution is 2.28. The van der Waals surface area contributed by atoms with Gasteiger partial charge in [0.25, 0.3) is 0 Å². The molecule has 0 unspecified atom stereocenters. The van der Waals surface area contributed by atoms with Gasteiger partial charge in [-0.3, -0.25) is 4.79 Å². The normalized spacial score (nSPS) is 11.5. The Labute approximate surface area is 150 Å². The van der Waals surface area contributed by atoms with Gasteiger partial charge in [-0.05, 0) is 36.1 Å². The Hall–Kier alpha value is -2.85. The fourth-order valence-corrected chi connectivity index (χ4v) is 2.71. The first-order chi connectivity index (χ1) is 12.0. The van der Waals surface area contributed by atoms with E-state index < -0.39 is 0 Å². The first-order valence-electron chi connectivity index (χ1n) is 7.83. The van der Waals surface area contributed by atoms with Gasteiger partial charge >= 0.3 is 0 Å². The molecule has 2 N–H and O–H groups in total. The van der Waals surface area contributed by atoms with Gasteiger partial charge in [0, 0.05) is 16.0 Å². The Morgan fingerprint density at radius 1 is 1.08 bits per heavy atom. The summed E-state index contributed by atoms with van der Waals surface area (Å²) in [6, 6.07) is 18.4. The molecule has 25 heavy (non-hydrogen) atoms. The molecule has 0 atom stereocenters. The highest BCUT2D eigenvalue weighted by Gasteiger charge is 2.09. The van der Waals surface area contributed by atoms with Crippen LogP contribution in [0.15, 0.2) is 65.8 Å².